The van der Waals surface area contributed by atoms with E-state index in [2.05, 4.69) is 32.5 Å². The van der Waals surface area contributed by atoms with Crippen LogP contribution in [0, 0.1) is 0 Å². The van der Waals surface area contributed by atoms with Crippen LogP contribution >= 0.6 is 11.8 Å². The average molecular weight is 448 g/mol. The van der Waals surface area contributed by atoms with Crippen molar-refractivity contribution in [3.05, 3.63) is 54.1 Å². The van der Waals surface area contributed by atoms with Crippen LogP contribution in [0.15, 0.2) is 53.7 Å². The highest BCUT2D eigenvalue weighted by atomic mass is 32.2. The first-order valence-electron chi connectivity index (χ1n) is 9.87. The van der Waals surface area contributed by atoms with E-state index in [-0.39, 0.29) is 17.3 Å². The quantitative estimate of drug-likeness (QED) is 0.453. The van der Waals surface area contributed by atoms with Gasteiger partial charge in [-0.1, -0.05) is 49.4 Å². The molecule has 164 valence electrons. The van der Waals surface area contributed by atoms with E-state index in [1.54, 1.807) is 23.7 Å². The van der Waals surface area contributed by atoms with Gasteiger partial charge in [-0.25, -0.2) is 0 Å². The monoisotopic (exact) mass is 447 g/mol. The van der Waals surface area contributed by atoms with Gasteiger partial charge >= 0.3 is 6.61 Å². The van der Waals surface area contributed by atoms with Crippen LogP contribution in [-0.4, -0.2) is 38.0 Å². The van der Waals surface area contributed by atoms with Crippen molar-refractivity contribution in [1.29, 1.82) is 0 Å². The Balaban J connectivity index is 1.67. The third-order valence-corrected chi connectivity index (χ3v) is 5.49. The van der Waals surface area contributed by atoms with E-state index < -0.39 is 11.9 Å². The van der Waals surface area contributed by atoms with Crippen molar-refractivity contribution in [2.45, 2.75) is 50.1 Å². The van der Waals surface area contributed by atoms with Gasteiger partial charge in [-0.2, -0.15) is 13.5 Å². The van der Waals surface area contributed by atoms with Crippen molar-refractivity contribution in [2.24, 2.45) is 0 Å². The number of benzene rings is 2. The fourth-order valence-electron chi connectivity index (χ4n) is 2.81. The fraction of sp³-hybridized carbons (Fsp3) is 0.333. The summed E-state index contributed by atoms with van der Waals surface area (Å²) in [7, 11) is 0. The molecule has 1 aromatic heterocycles. The molecule has 0 aliphatic carbocycles. The Morgan fingerprint density at radius 2 is 1.94 bits per heavy atom. The molecule has 0 saturated carbocycles. The van der Waals surface area contributed by atoms with E-state index in [0.717, 1.165) is 36.7 Å². The first kappa shape index (κ1) is 22.7. The number of carbonyl (C=O) groups is 1. The van der Waals surface area contributed by atoms with Gasteiger partial charge in [0.25, 0.3) is 0 Å². The van der Waals surface area contributed by atoms with Crippen molar-refractivity contribution >= 4 is 23.4 Å². The third-order valence-electron chi connectivity index (χ3n) is 4.45. The van der Waals surface area contributed by atoms with E-state index >= 15 is 0 Å². The minimum absolute atomic E-state index is 0.101. The molecule has 0 saturated heterocycles. The predicted octanol–water partition coefficient (Wildman–Crippen LogP) is 4.73. The summed E-state index contributed by atoms with van der Waals surface area (Å²) in [6.45, 7) is 0.854. The maximum atomic E-state index is 12.6. The molecular weight excluding hydrogens is 424 g/mol. The van der Waals surface area contributed by atoms with Gasteiger partial charge in [-0.3, -0.25) is 4.79 Å². The Hall–Kier alpha value is -3.01. The molecular formula is C21H23F2N5O2S. The Bertz CT molecular complexity index is 997. The standard InChI is InChI=1S/C21H23F2N5O2S/c1-3-4-7-15-10-12-16(13-11-15)28-21(25-26-27-28)31-14(2)19(29)24-17-8-5-6-9-18(17)30-20(22)23/h5-6,8-14,20H,3-4,7H2,1-2H3,(H,24,29). The molecule has 0 aliphatic rings. The Morgan fingerprint density at radius 1 is 1.19 bits per heavy atom. The lowest BCUT2D eigenvalue weighted by atomic mass is 10.1. The molecule has 1 atom stereocenters. The summed E-state index contributed by atoms with van der Waals surface area (Å²) in [6.07, 6.45) is 3.28. The zero-order chi connectivity index (χ0) is 22.2. The fourth-order valence-corrected chi connectivity index (χ4v) is 3.62. The molecule has 1 amide bonds. The molecule has 31 heavy (non-hydrogen) atoms. The van der Waals surface area contributed by atoms with Gasteiger partial charge in [0.2, 0.25) is 11.1 Å². The summed E-state index contributed by atoms with van der Waals surface area (Å²) < 4.78 is 31.2. The van der Waals surface area contributed by atoms with E-state index in [4.69, 9.17) is 0 Å². The summed E-state index contributed by atoms with van der Waals surface area (Å²) in [5.41, 5.74) is 2.20. The van der Waals surface area contributed by atoms with Crippen LogP contribution in [0.3, 0.4) is 0 Å². The molecule has 3 aromatic rings. The first-order chi connectivity index (χ1) is 15.0. The molecule has 1 N–H and O–H groups in total. The van der Waals surface area contributed by atoms with E-state index in [1.807, 2.05) is 24.3 Å². The van der Waals surface area contributed by atoms with Gasteiger partial charge in [-0.15, -0.1) is 5.10 Å². The van der Waals surface area contributed by atoms with Gasteiger partial charge in [0.05, 0.1) is 16.6 Å². The highest BCUT2D eigenvalue weighted by molar-refractivity contribution is 8.00. The van der Waals surface area contributed by atoms with Crippen LogP contribution in [0.1, 0.15) is 32.3 Å². The zero-order valence-corrected chi connectivity index (χ0v) is 18.0. The number of aromatic nitrogens is 4. The Labute approximate surface area is 183 Å². The largest absolute Gasteiger partial charge is 0.433 e. The van der Waals surface area contributed by atoms with E-state index in [1.165, 1.54) is 17.7 Å². The lowest BCUT2D eigenvalue weighted by Crippen LogP contribution is -2.23. The van der Waals surface area contributed by atoms with Gasteiger partial charge in [0.1, 0.15) is 5.75 Å². The predicted molar refractivity (Wildman–Crippen MR) is 115 cm³/mol. The number of nitrogens with zero attached hydrogens (tertiary/aromatic N) is 4. The zero-order valence-electron chi connectivity index (χ0n) is 17.2. The highest BCUT2D eigenvalue weighted by Gasteiger charge is 2.21. The second-order valence-electron chi connectivity index (χ2n) is 6.77. The number of anilines is 1. The highest BCUT2D eigenvalue weighted by Crippen LogP contribution is 2.28. The second-order valence-corrected chi connectivity index (χ2v) is 8.08. The smallest absolute Gasteiger partial charge is 0.387 e. The van der Waals surface area contributed by atoms with Crippen molar-refractivity contribution in [3.63, 3.8) is 0 Å². The normalized spacial score (nSPS) is 12.0. The average Bonchev–Trinajstić information content (AvgIpc) is 3.21. The molecule has 0 fully saturated rings. The molecule has 7 nitrogen and oxygen atoms in total. The maximum Gasteiger partial charge on any atom is 0.387 e. The van der Waals surface area contributed by atoms with Crippen LogP contribution in [0.25, 0.3) is 5.69 Å². The summed E-state index contributed by atoms with van der Waals surface area (Å²) in [4.78, 5) is 12.6. The molecule has 3 rings (SSSR count). The van der Waals surface area contributed by atoms with Crippen LogP contribution in [0.2, 0.25) is 0 Å². The lowest BCUT2D eigenvalue weighted by molar-refractivity contribution is -0.115. The molecule has 10 heteroatoms. The summed E-state index contributed by atoms with van der Waals surface area (Å²) in [5.74, 6) is -0.490. The maximum absolute atomic E-state index is 12.6. The SMILES string of the molecule is CCCCc1ccc(-n2nnnc2SC(C)C(=O)Nc2ccccc2OC(F)F)cc1. The molecule has 0 bridgehead atoms. The van der Waals surface area contributed by atoms with Crippen molar-refractivity contribution in [2.75, 3.05) is 5.32 Å². The second kappa shape index (κ2) is 10.9. The number of nitrogens with one attached hydrogen (secondary N) is 1. The van der Waals surface area contributed by atoms with Gasteiger partial charge in [-0.05, 0) is 60.0 Å². The number of unbranched alkanes of at least 4 members (excludes halogenated alkanes) is 1. The van der Waals surface area contributed by atoms with Crippen LogP contribution < -0.4 is 10.1 Å². The van der Waals surface area contributed by atoms with Crippen molar-refractivity contribution in [3.8, 4) is 11.4 Å². The Morgan fingerprint density at radius 3 is 2.65 bits per heavy atom. The number of ether oxygens (including phenoxy) is 1. The first-order valence-corrected chi connectivity index (χ1v) is 10.7. The van der Waals surface area contributed by atoms with Gasteiger partial charge < -0.3 is 10.1 Å². The number of aryl methyl sites for hydroxylation is 1. The number of amides is 1. The molecule has 0 aliphatic heterocycles. The number of carbonyl (C=O) groups excluding carboxylic acids is 1. The van der Waals surface area contributed by atoms with Crippen LogP contribution in [0.4, 0.5) is 14.5 Å². The lowest BCUT2D eigenvalue weighted by Gasteiger charge is -2.14. The molecule has 2 aromatic carbocycles. The van der Waals surface area contributed by atoms with Gasteiger partial charge in [0.15, 0.2) is 0 Å². The molecule has 0 spiro atoms. The number of hydrogen-bond acceptors (Lipinski definition) is 6. The van der Waals surface area contributed by atoms with E-state index in [0.29, 0.717) is 5.16 Å². The Kier molecular flexibility index (Phi) is 7.94. The number of hydrogen-bond donors (Lipinski definition) is 1. The number of thioether (sulfide) groups is 1. The summed E-state index contributed by atoms with van der Waals surface area (Å²) in [5, 5.41) is 14.2. The third kappa shape index (κ3) is 6.24. The van der Waals surface area contributed by atoms with Crippen LogP contribution in [-0.2, 0) is 11.2 Å². The summed E-state index contributed by atoms with van der Waals surface area (Å²) in [6, 6.07) is 14.0. The number of para-hydroxylation sites is 2. The van der Waals surface area contributed by atoms with Gasteiger partial charge in [0, 0.05) is 0 Å². The minimum atomic E-state index is -2.98. The minimum Gasteiger partial charge on any atom is -0.433 e. The molecule has 1 unspecified atom stereocenters. The number of halogens is 2. The van der Waals surface area contributed by atoms with Crippen molar-refractivity contribution < 1.29 is 18.3 Å². The number of rotatable bonds is 10. The molecule has 1 heterocycles. The topological polar surface area (TPSA) is 81.9 Å². The van der Waals surface area contributed by atoms with Crippen molar-refractivity contribution in [1.82, 2.24) is 20.2 Å². The van der Waals surface area contributed by atoms with Crippen LogP contribution in [0.5, 0.6) is 5.75 Å². The van der Waals surface area contributed by atoms with E-state index in [9.17, 15) is 13.6 Å². The number of alkyl halides is 2. The summed E-state index contributed by atoms with van der Waals surface area (Å²) >= 11 is 1.16. The number of tetrazole rings is 1. The molecule has 0 radical (unpaired) electrons.